The lowest BCUT2D eigenvalue weighted by Crippen LogP contribution is -2.47. The van der Waals surface area contributed by atoms with Crippen molar-refractivity contribution in [2.45, 2.75) is 83.8 Å². The summed E-state index contributed by atoms with van der Waals surface area (Å²) in [6, 6.07) is 6.43. The number of ketones is 1. The number of urea groups is 1. The van der Waals surface area contributed by atoms with Gasteiger partial charge in [0, 0.05) is 42.3 Å². The second-order valence-electron chi connectivity index (χ2n) is 13.2. The van der Waals surface area contributed by atoms with Gasteiger partial charge in [-0.05, 0) is 56.6 Å². The first kappa shape index (κ1) is 36.0. The van der Waals surface area contributed by atoms with Crippen LogP contribution in [-0.4, -0.2) is 71.6 Å². The number of carbonyl (C=O) groups is 3. The molecule has 2 fully saturated rings. The molecule has 0 spiro atoms. The SMILES string of the molecule is C=CCCCCCNC(=O)N1C[C@H](Oc2cc(-c3nc(C(C)C)cs3)nc3cc(OC)ccc23)C[C@H]1C(=O)C[C@]1(C(=O)OCC)C[C@H]1C=C. The minimum Gasteiger partial charge on any atom is -0.497 e. The van der Waals surface area contributed by atoms with Crippen LogP contribution in [0.25, 0.3) is 21.6 Å². The van der Waals surface area contributed by atoms with Gasteiger partial charge in [0.1, 0.15) is 28.3 Å². The molecule has 10 nitrogen and oxygen atoms in total. The Kier molecular flexibility index (Phi) is 11.7. The number of rotatable bonds is 17. The Balaban J connectivity index is 1.41. The van der Waals surface area contributed by atoms with Crippen molar-refractivity contribution >= 4 is 40.0 Å². The van der Waals surface area contributed by atoms with E-state index in [1.54, 1.807) is 25.0 Å². The number of amides is 2. The molecule has 0 bridgehead atoms. The number of aromatic nitrogens is 2. The number of esters is 1. The summed E-state index contributed by atoms with van der Waals surface area (Å²) in [7, 11) is 1.61. The van der Waals surface area contributed by atoms with Crippen LogP contribution in [-0.2, 0) is 14.3 Å². The Morgan fingerprint density at radius 3 is 2.65 bits per heavy atom. The van der Waals surface area contributed by atoms with E-state index in [4.69, 9.17) is 24.2 Å². The van der Waals surface area contributed by atoms with E-state index in [9.17, 15) is 14.4 Å². The molecule has 1 aliphatic heterocycles. The largest absolute Gasteiger partial charge is 0.497 e. The number of likely N-dealkylation sites (tertiary alicyclic amines) is 1. The van der Waals surface area contributed by atoms with Crippen molar-refractivity contribution in [3.63, 3.8) is 0 Å². The van der Waals surface area contributed by atoms with Crippen molar-refractivity contribution in [1.82, 2.24) is 20.2 Å². The van der Waals surface area contributed by atoms with Crippen LogP contribution in [0, 0.1) is 11.3 Å². The van der Waals surface area contributed by atoms with Crippen molar-refractivity contribution in [2.75, 3.05) is 26.8 Å². The van der Waals surface area contributed by atoms with Gasteiger partial charge in [0.05, 0.1) is 42.9 Å². The summed E-state index contributed by atoms with van der Waals surface area (Å²) in [4.78, 5) is 52.0. The van der Waals surface area contributed by atoms with Crippen LogP contribution < -0.4 is 14.8 Å². The molecule has 0 unspecified atom stereocenters. The van der Waals surface area contributed by atoms with Crippen LogP contribution in [0.1, 0.15) is 77.3 Å². The third-order valence-corrected chi connectivity index (χ3v) is 10.3. The van der Waals surface area contributed by atoms with E-state index in [-0.39, 0.29) is 55.6 Å². The lowest BCUT2D eigenvalue weighted by Gasteiger charge is -2.25. The molecule has 3 heterocycles. The van der Waals surface area contributed by atoms with Crippen LogP contribution in [0.15, 0.2) is 55.0 Å². The van der Waals surface area contributed by atoms with Crippen molar-refractivity contribution in [1.29, 1.82) is 0 Å². The highest BCUT2D eigenvalue weighted by atomic mass is 32.1. The molecule has 1 aromatic carbocycles. The summed E-state index contributed by atoms with van der Waals surface area (Å²) >= 11 is 1.53. The van der Waals surface area contributed by atoms with Gasteiger partial charge >= 0.3 is 12.0 Å². The third kappa shape index (κ3) is 8.15. The molecule has 1 aliphatic carbocycles. The van der Waals surface area contributed by atoms with Gasteiger partial charge in [-0.2, -0.15) is 0 Å². The number of pyridine rings is 1. The number of unbranched alkanes of at least 4 members (excludes halogenated alkanes) is 3. The molecule has 5 rings (SSSR count). The molecule has 11 heteroatoms. The number of Topliss-reactive ketones (excluding diaryl/α,β-unsaturated/α-hetero) is 1. The number of ether oxygens (including phenoxy) is 3. The minimum atomic E-state index is -0.932. The number of allylic oxidation sites excluding steroid dienone is 2. The minimum absolute atomic E-state index is 0.0183. The quantitative estimate of drug-likeness (QED) is 0.0881. The first-order valence-corrected chi connectivity index (χ1v) is 18.1. The van der Waals surface area contributed by atoms with E-state index in [0.717, 1.165) is 41.8 Å². The Morgan fingerprint density at radius 2 is 1.98 bits per heavy atom. The maximum absolute atomic E-state index is 14.1. The number of thiazole rings is 1. The molecular weight excluding hydrogens is 641 g/mol. The van der Waals surface area contributed by atoms with E-state index in [1.165, 1.54) is 11.3 Å². The number of carbonyl (C=O) groups excluding carboxylic acids is 3. The first-order chi connectivity index (χ1) is 23.6. The van der Waals surface area contributed by atoms with E-state index >= 15 is 0 Å². The number of benzene rings is 1. The Bertz CT molecular complexity index is 1690. The molecule has 1 saturated carbocycles. The van der Waals surface area contributed by atoms with Gasteiger partial charge in [0.2, 0.25) is 0 Å². The average molecular weight is 689 g/mol. The van der Waals surface area contributed by atoms with Gasteiger partial charge in [-0.15, -0.1) is 24.5 Å². The van der Waals surface area contributed by atoms with Gasteiger partial charge < -0.3 is 24.4 Å². The van der Waals surface area contributed by atoms with Crippen LogP contribution >= 0.6 is 11.3 Å². The number of fused-ring (bicyclic) bond motifs is 1. The Labute approximate surface area is 292 Å². The molecular formula is C38H48N4O6S. The van der Waals surface area contributed by atoms with Crippen molar-refractivity contribution in [2.24, 2.45) is 11.3 Å². The summed E-state index contributed by atoms with van der Waals surface area (Å²) in [5, 5.41) is 6.61. The fourth-order valence-corrected chi connectivity index (χ4v) is 7.46. The van der Waals surface area contributed by atoms with Crippen LogP contribution in [0.3, 0.4) is 0 Å². The van der Waals surface area contributed by atoms with Crippen molar-refractivity contribution in [3.8, 4) is 22.2 Å². The van der Waals surface area contributed by atoms with Crippen molar-refractivity contribution < 1.29 is 28.6 Å². The van der Waals surface area contributed by atoms with Gasteiger partial charge in [0.25, 0.3) is 0 Å². The van der Waals surface area contributed by atoms with Gasteiger partial charge in [-0.3, -0.25) is 9.59 Å². The fraction of sp³-hybridized carbons (Fsp3) is 0.500. The zero-order valence-electron chi connectivity index (χ0n) is 29.0. The summed E-state index contributed by atoms with van der Waals surface area (Å²) in [6.45, 7) is 14.5. The number of nitrogens with one attached hydrogen (secondary N) is 1. The van der Waals surface area contributed by atoms with Crippen LogP contribution in [0.2, 0.25) is 0 Å². The molecule has 1 N–H and O–H groups in total. The number of hydrogen-bond acceptors (Lipinski definition) is 9. The van der Waals surface area contributed by atoms with E-state index in [2.05, 4.69) is 32.3 Å². The Morgan fingerprint density at radius 1 is 1.16 bits per heavy atom. The van der Waals surface area contributed by atoms with E-state index < -0.39 is 17.6 Å². The highest BCUT2D eigenvalue weighted by Gasteiger charge is 2.61. The molecule has 4 atom stereocenters. The summed E-state index contributed by atoms with van der Waals surface area (Å²) in [5.41, 5.74) is 1.42. The molecule has 2 aliphatic rings. The average Bonchev–Trinajstić information content (AvgIpc) is 3.38. The zero-order chi connectivity index (χ0) is 35.1. The third-order valence-electron chi connectivity index (χ3n) is 9.45. The fourth-order valence-electron chi connectivity index (χ4n) is 6.51. The number of methoxy groups -OCH3 is 1. The van der Waals surface area contributed by atoms with Crippen LogP contribution in [0.5, 0.6) is 11.5 Å². The zero-order valence-corrected chi connectivity index (χ0v) is 29.9. The van der Waals surface area contributed by atoms with Gasteiger partial charge in [-0.25, -0.2) is 14.8 Å². The maximum atomic E-state index is 14.1. The molecule has 3 aromatic rings. The normalized spacial score (nSPS) is 21.4. The maximum Gasteiger partial charge on any atom is 0.318 e. The monoisotopic (exact) mass is 688 g/mol. The topological polar surface area (TPSA) is 120 Å². The molecule has 2 aromatic heterocycles. The van der Waals surface area contributed by atoms with E-state index in [1.807, 2.05) is 35.7 Å². The lowest BCUT2D eigenvalue weighted by atomic mass is 9.92. The lowest BCUT2D eigenvalue weighted by molar-refractivity contribution is -0.152. The molecule has 49 heavy (non-hydrogen) atoms. The summed E-state index contributed by atoms with van der Waals surface area (Å²) in [5.74, 6) is 0.822. The van der Waals surface area contributed by atoms with Gasteiger partial charge in [-0.1, -0.05) is 32.4 Å². The van der Waals surface area contributed by atoms with Crippen LogP contribution in [0.4, 0.5) is 4.79 Å². The number of hydrogen-bond donors (Lipinski definition) is 1. The predicted molar refractivity (Wildman–Crippen MR) is 192 cm³/mol. The predicted octanol–water partition coefficient (Wildman–Crippen LogP) is 7.48. The Hall–Kier alpha value is -4.25. The van der Waals surface area contributed by atoms with Crippen molar-refractivity contribution in [3.05, 3.63) is 60.6 Å². The van der Waals surface area contributed by atoms with E-state index in [0.29, 0.717) is 35.7 Å². The summed E-state index contributed by atoms with van der Waals surface area (Å²) < 4.78 is 17.5. The second-order valence-corrected chi connectivity index (χ2v) is 14.1. The molecule has 0 radical (unpaired) electrons. The van der Waals surface area contributed by atoms with Gasteiger partial charge in [0.15, 0.2) is 5.78 Å². The molecule has 1 saturated heterocycles. The molecule has 2 amide bonds. The standard InChI is InChI=1S/C38H48N4O6S/c1-7-10-11-12-13-16-39-37(45)42-22-27(18-32(42)33(43)21-38(20-25(38)8-2)36(44)47-9-3)48-34-19-30(35-41-31(23-49-35)24(4)5)40-29-17-26(46-6)14-15-28(29)34/h7-8,14-15,17,19,23-25,27,32H,1-2,9-13,16,18,20-22H2,3-6H3,(H,39,45)/t25-,27-,32+,38-/m1/s1. The second kappa shape index (κ2) is 16.0. The highest BCUT2D eigenvalue weighted by Crippen LogP contribution is 2.57. The number of nitrogens with zero attached hydrogens (tertiary/aromatic N) is 3. The highest BCUT2D eigenvalue weighted by molar-refractivity contribution is 7.13. The smallest absolute Gasteiger partial charge is 0.318 e. The first-order valence-electron chi connectivity index (χ1n) is 17.2. The molecule has 262 valence electrons. The summed E-state index contributed by atoms with van der Waals surface area (Å²) in [6.07, 6.45) is 7.63.